The molecule has 1 N–H and O–H groups in total. The van der Waals surface area contributed by atoms with Crippen LogP contribution in [0, 0.1) is 11.3 Å². The van der Waals surface area contributed by atoms with Gasteiger partial charge in [0.05, 0.1) is 23.9 Å². The van der Waals surface area contributed by atoms with E-state index in [0.29, 0.717) is 5.56 Å². The molecule has 1 aliphatic rings. The van der Waals surface area contributed by atoms with Crippen LogP contribution in [0.2, 0.25) is 0 Å². The van der Waals surface area contributed by atoms with Gasteiger partial charge in [0.1, 0.15) is 5.01 Å². The molecule has 1 aromatic carbocycles. The average molecular weight is 284 g/mol. The third-order valence-corrected chi connectivity index (χ3v) is 4.26. The van der Waals surface area contributed by atoms with Gasteiger partial charge in [0.25, 0.3) is 0 Å². The van der Waals surface area contributed by atoms with Gasteiger partial charge < -0.3 is 5.32 Å². The molecule has 1 aromatic heterocycles. The molecule has 2 aromatic rings. The number of benzene rings is 1. The van der Waals surface area contributed by atoms with Gasteiger partial charge in [-0.25, -0.2) is 4.98 Å². The van der Waals surface area contributed by atoms with E-state index >= 15 is 0 Å². The number of aromatic nitrogens is 1. The van der Waals surface area contributed by atoms with Crippen LogP contribution in [0.4, 0.5) is 0 Å². The van der Waals surface area contributed by atoms with E-state index in [4.69, 9.17) is 10.2 Å². The van der Waals surface area contributed by atoms with E-state index in [2.05, 4.69) is 21.7 Å². The smallest absolute Gasteiger partial charge is 0.107 e. The van der Waals surface area contributed by atoms with E-state index in [1.54, 1.807) is 11.3 Å². The van der Waals surface area contributed by atoms with E-state index in [-0.39, 0.29) is 0 Å². The van der Waals surface area contributed by atoms with Crippen LogP contribution in [0.3, 0.4) is 0 Å². The lowest BCUT2D eigenvalue weighted by Crippen LogP contribution is -2.42. The molecule has 2 heterocycles. The summed E-state index contributed by atoms with van der Waals surface area (Å²) in [5.41, 5.74) is 2.77. The summed E-state index contributed by atoms with van der Waals surface area (Å²) in [6.07, 6.45) is 0. The molecule has 0 spiro atoms. The first kappa shape index (κ1) is 13.3. The molecule has 0 aliphatic carbocycles. The Morgan fingerprint density at radius 3 is 2.70 bits per heavy atom. The number of rotatable bonds is 3. The minimum absolute atomic E-state index is 0.685. The van der Waals surface area contributed by atoms with E-state index in [1.165, 1.54) is 0 Å². The van der Waals surface area contributed by atoms with Gasteiger partial charge in [-0.3, -0.25) is 4.90 Å². The predicted molar refractivity (Wildman–Crippen MR) is 80.4 cm³/mol. The molecule has 0 atom stereocenters. The Balaban J connectivity index is 1.70. The van der Waals surface area contributed by atoms with Crippen molar-refractivity contribution in [1.82, 2.24) is 15.2 Å². The number of thiazole rings is 1. The summed E-state index contributed by atoms with van der Waals surface area (Å²) in [6, 6.07) is 9.73. The van der Waals surface area contributed by atoms with Crippen LogP contribution in [0.5, 0.6) is 0 Å². The Morgan fingerprint density at radius 1 is 1.25 bits per heavy atom. The van der Waals surface area contributed by atoms with Crippen molar-refractivity contribution in [3.8, 4) is 17.3 Å². The zero-order valence-corrected chi connectivity index (χ0v) is 12.0. The second-order valence-electron chi connectivity index (χ2n) is 4.84. The molecule has 1 aliphatic heterocycles. The summed E-state index contributed by atoms with van der Waals surface area (Å²) in [6.45, 7) is 5.24. The van der Waals surface area contributed by atoms with Crippen molar-refractivity contribution in [2.75, 3.05) is 26.2 Å². The molecular weight excluding hydrogens is 268 g/mol. The van der Waals surface area contributed by atoms with Gasteiger partial charge in [0, 0.05) is 37.1 Å². The van der Waals surface area contributed by atoms with E-state index < -0.39 is 0 Å². The molecule has 0 saturated carbocycles. The summed E-state index contributed by atoms with van der Waals surface area (Å²) in [5, 5.41) is 15.4. The maximum Gasteiger partial charge on any atom is 0.107 e. The highest BCUT2D eigenvalue weighted by molar-refractivity contribution is 7.09. The molecule has 4 nitrogen and oxygen atoms in total. The Kier molecular flexibility index (Phi) is 4.07. The average Bonchev–Trinajstić information content (AvgIpc) is 2.97. The van der Waals surface area contributed by atoms with Gasteiger partial charge in [0.2, 0.25) is 0 Å². The van der Waals surface area contributed by atoms with Crippen molar-refractivity contribution in [2.24, 2.45) is 0 Å². The number of hydrogen-bond donors (Lipinski definition) is 1. The van der Waals surface area contributed by atoms with Crippen LogP contribution in [0.1, 0.15) is 10.6 Å². The van der Waals surface area contributed by atoms with E-state index in [1.807, 2.05) is 24.3 Å². The largest absolute Gasteiger partial charge is 0.314 e. The van der Waals surface area contributed by atoms with Crippen LogP contribution < -0.4 is 5.32 Å². The van der Waals surface area contributed by atoms with Crippen LogP contribution >= 0.6 is 11.3 Å². The Hall–Kier alpha value is -1.74. The van der Waals surface area contributed by atoms with Crippen LogP contribution in [0.15, 0.2) is 29.6 Å². The molecule has 0 unspecified atom stereocenters. The molecule has 0 radical (unpaired) electrons. The molecule has 20 heavy (non-hydrogen) atoms. The Labute approximate surface area is 122 Å². The minimum atomic E-state index is 0.685. The minimum Gasteiger partial charge on any atom is -0.314 e. The number of piperazine rings is 1. The molecule has 3 rings (SSSR count). The molecule has 1 saturated heterocycles. The zero-order chi connectivity index (χ0) is 13.8. The van der Waals surface area contributed by atoms with Gasteiger partial charge in [-0.1, -0.05) is 12.1 Å². The van der Waals surface area contributed by atoms with Gasteiger partial charge in [-0.15, -0.1) is 11.3 Å². The summed E-state index contributed by atoms with van der Waals surface area (Å²) >= 11 is 1.71. The second kappa shape index (κ2) is 6.14. The molecule has 5 heteroatoms. The fourth-order valence-corrected chi connectivity index (χ4v) is 3.14. The van der Waals surface area contributed by atoms with Crippen molar-refractivity contribution in [3.63, 3.8) is 0 Å². The highest BCUT2D eigenvalue weighted by Gasteiger charge is 2.12. The topological polar surface area (TPSA) is 52.0 Å². The summed E-state index contributed by atoms with van der Waals surface area (Å²) in [7, 11) is 0. The molecule has 0 amide bonds. The first-order chi connectivity index (χ1) is 9.85. The molecule has 0 bridgehead atoms. The first-order valence-electron chi connectivity index (χ1n) is 6.73. The second-order valence-corrected chi connectivity index (χ2v) is 5.78. The van der Waals surface area contributed by atoms with Crippen molar-refractivity contribution in [1.29, 1.82) is 5.26 Å². The summed E-state index contributed by atoms with van der Waals surface area (Å²) in [4.78, 5) is 7.13. The summed E-state index contributed by atoms with van der Waals surface area (Å²) in [5.74, 6) is 0. The van der Waals surface area contributed by atoms with Gasteiger partial charge in [-0.05, 0) is 12.1 Å². The monoisotopic (exact) mass is 284 g/mol. The maximum atomic E-state index is 8.81. The van der Waals surface area contributed by atoms with Crippen molar-refractivity contribution >= 4 is 11.3 Å². The van der Waals surface area contributed by atoms with Crippen LogP contribution in [-0.4, -0.2) is 36.1 Å². The van der Waals surface area contributed by atoms with Crippen LogP contribution in [0.25, 0.3) is 11.3 Å². The third-order valence-electron chi connectivity index (χ3n) is 3.43. The maximum absolute atomic E-state index is 8.81. The zero-order valence-electron chi connectivity index (χ0n) is 11.2. The lowest BCUT2D eigenvalue weighted by Gasteiger charge is -2.26. The highest BCUT2D eigenvalue weighted by Crippen LogP contribution is 2.23. The van der Waals surface area contributed by atoms with Gasteiger partial charge in [0.15, 0.2) is 0 Å². The number of nitrogens with zero attached hydrogens (tertiary/aromatic N) is 3. The van der Waals surface area contributed by atoms with Crippen molar-refractivity contribution in [3.05, 3.63) is 40.2 Å². The van der Waals surface area contributed by atoms with Crippen molar-refractivity contribution in [2.45, 2.75) is 6.54 Å². The van der Waals surface area contributed by atoms with Crippen molar-refractivity contribution < 1.29 is 0 Å². The number of hydrogen-bond acceptors (Lipinski definition) is 5. The Morgan fingerprint density at radius 2 is 2.00 bits per heavy atom. The lowest BCUT2D eigenvalue weighted by molar-refractivity contribution is 0.233. The van der Waals surface area contributed by atoms with E-state index in [9.17, 15) is 0 Å². The number of nitriles is 1. The fourth-order valence-electron chi connectivity index (χ4n) is 2.29. The highest BCUT2D eigenvalue weighted by atomic mass is 32.1. The van der Waals surface area contributed by atoms with Gasteiger partial charge in [-0.2, -0.15) is 5.26 Å². The standard InChI is InChI=1S/C15H16N4S/c16-9-12-1-3-13(4-2-12)14-11-20-15(18-14)10-19-7-5-17-6-8-19/h1-4,11,17H,5-8,10H2. The molecule has 102 valence electrons. The predicted octanol–water partition coefficient (Wildman–Crippen LogP) is 2.09. The molecular formula is C15H16N4S. The van der Waals surface area contributed by atoms with E-state index in [0.717, 1.165) is 49.0 Å². The number of nitrogens with one attached hydrogen (secondary N) is 1. The summed E-state index contributed by atoms with van der Waals surface area (Å²) < 4.78 is 0. The fraction of sp³-hybridized carbons (Fsp3) is 0.333. The Bertz CT molecular complexity index is 606. The third kappa shape index (κ3) is 3.05. The molecule has 1 fully saturated rings. The normalized spacial score (nSPS) is 15.9. The van der Waals surface area contributed by atoms with Crippen LogP contribution in [-0.2, 0) is 6.54 Å². The first-order valence-corrected chi connectivity index (χ1v) is 7.61. The lowest BCUT2D eigenvalue weighted by atomic mass is 10.1. The SMILES string of the molecule is N#Cc1ccc(-c2csc(CN3CCNCC3)n2)cc1. The quantitative estimate of drug-likeness (QED) is 0.937. The van der Waals surface area contributed by atoms with Gasteiger partial charge >= 0.3 is 0 Å².